The van der Waals surface area contributed by atoms with E-state index in [1.165, 1.54) is 23.4 Å². The zero-order chi connectivity index (χ0) is 17.5. The lowest BCUT2D eigenvalue weighted by Gasteiger charge is -2.31. The van der Waals surface area contributed by atoms with Gasteiger partial charge in [-0.25, -0.2) is 12.8 Å². The van der Waals surface area contributed by atoms with Crippen LogP contribution in [0.25, 0.3) is 0 Å². The first-order valence-electron chi connectivity index (χ1n) is 7.73. The van der Waals surface area contributed by atoms with Gasteiger partial charge >= 0.3 is 0 Å². The maximum Gasteiger partial charge on any atom is 0.264 e. The van der Waals surface area contributed by atoms with E-state index >= 15 is 0 Å². The molecule has 1 aliphatic rings. The van der Waals surface area contributed by atoms with Gasteiger partial charge in [-0.2, -0.15) is 0 Å². The molecule has 2 aromatic rings. The average molecular weight is 347 g/mol. The van der Waals surface area contributed by atoms with Gasteiger partial charge in [0.25, 0.3) is 10.0 Å². The van der Waals surface area contributed by atoms with Gasteiger partial charge in [-0.15, -0.1) is 0 Å². The van der Waals surface area contributed by atoms with E-state index in [4.69, 9.17) is 0 Å². The number of aryl methyl sites for hydroxylation is 2. The van der Waals surface area contributed by atoms with E-state index in [1.54, 1.807) is 25.1 Å². The van der Waals surface area contributed by atoms with Crippen molar-refractivity contribution in [2.45, 2.75) is 31.6 Å². The van der Waals surface area contributed by atoms with E-state index in [0.29, 0.717) is 29.8 Å². The molecule has 0 radical (unpaired) electrons. The first kappa shape index (κ1) is 16.6. The summed E-state index contributed by atoms with van der Waals surface area (Å²) in [6.45, 7) is 3.44. The minimum absolute atomic E-state index is 0.0489. The van der Waals surface area contributed by atoms with Crippen LogP contribution in [0, 0.1) is 12.7 Å². The van der Waals surface area contributed by atoms with Crippen LogP contribution in [-0.2, 0) is 16.4 Å². The summed E-state index contributed by atoms with van der Waals surface area (Å²) in [5.74, 6) is -0.510. The molecule has 0 fully saturated rings. The summed E-state index contributed by atoms with van der Waals surface area (Å²) in [6.07, 6.45) is 1.40. The fraction of sp³-hybridized carbons (Fsp3) is 0.278. The summed E-state index contributed by atoms with van der Waals surface area (Å²) in [5, 5.41) is 0. The fourth-order valence-corrected chi connectivity index (χ4v) is 4.80. The van der Waals surface area contributed by atoms with Crippen molar-refractivity contribution in [2.24, 2.45) is 0 Å². The quantitative estimate of drug-likeness (QED) is 0.799. The van der Waals surface area contributed by atoms with Crippen LogP contribution in [-0.4, -0.2) is 20.7 Å². The highest BCUT2D eigenvalue weighted by Crippen LogP contribution is 2.33. The van der Waals surface area contributed by atoms with E-state index in [0.717, 1.165) is 18.1 Å². The van der Waals surface area contributed by atoms with Crippen molar-refractivity contribution in [3.63, 3.8) is 0 Å². The molecule has 0 aliphatic carbocycles. The molecule has 4 nitrogen and oxygen atoms in total. The molecule has 0 saturated heterocycles. The van der Waals surface area contributed by atoms with Crippen molar-refractivity contribution in [2.75, 3.05) is 10.8 Å². The molecule has 0 spiro atoms. The average Bonchev–Trinajstić information content (AvgIpc) is 2.53. The van der Waals surface area contributed by atoms with Gasteiger partial charge in [-0.3, -0.25) is 9.10 Å². The largest absolute Gasteiger partial charge is 0.295 e. The van der Waals surface area contributed by atoms with Crippen molar-refractivity contribution >= 4 is 21.5 Å². The zero-order valence-corrected chi connectivity index (χ0v) is 14.4. The van der Waals surface area contributed by atoms with Crippen molar-refractivity contribution in [1.29, 1.82) is 0 Å². The van der Waals surface area contributed by atoms with Gasteiger partial charge in [0.2, 0.25) is 0 Å². The number of fused-ring (bicyclic) bond motifs is 1. The van der Waals surface area contributed by atoms with E-state index in [1.807, 2.05) is 0 Å². The normalized spacial score (nSPS) is 14.4. The minimum atomic E-state index is -3.77. The zero-order valence-electron chi connectivity index (χ0n) is 13.5. The second-order valence-corrected chi connectivity index (χ2v) is 7.82. The molecule has 1 aliphatic heterocycles. The molecule has 0 aromatic heterocycles. The lowest BCUT2D eigenvalue weighted by Crippen LogP contribution is -2.36. The number of benzene rings is 2. The molecule has 0 unspecified atom stereocenters. The Hall–Kier alpha value is -2.21. The molecule has 126 valence electrons. The van der Waals surface area contributed by atoms with Crippen molar-refractivity contribution in [3.8, 4) is 0 Å². The Morgan fingerprint density at radius 3 is 2.58 bits per heavy atom. The summed E-state index contributed by atoms with van der Waals surface area (Å²) in [6, 6.07) is 8.77. The van der Waals surface area contributed by atoms with Gasteiger partial charge < -0.3 is 0 Å². The summed E-state index contributed by atoms with van der Waals surface area (Å²) in [5.41, 5.74) is 2.39. The number of sulfonamides is 1. The Morgan fingerprint density at radius 2 is 1.92 bits per heavy atom. The highest BCUT2D eigenvalue weighted by atomic mass is 32.2. The Balaban J connectivity index is 2.09. The molecule has 0 atom stereocenters. The van der Waals surface area contributed by atoms with Gasteiger partial charge in [0, 0.05) is 12.1 Å². The van der Waals surface area contributed by atoms with Crippen molar-refractivity contribution in [3.05, 3.63) is 58.9 Å². The predicted octanol–water partition coefficient (Wildman–Crippen LogP) is 3.48. The van der Waals surface area contributed by atoms with Gasteiger partial charge in [-0.05, 0) is 74.2 Å². The van der Waals surface area contributed by atoms with Gasteiger partial charge in [0.1, 0.15) is 5.82 Å². The van der Waals surface area contributed by atoms with Crippen molar-refractivity contribution in [1.82, 2.24) is 0 Å². The van der Waals surface area contributed by atoms with Crippen LogP contribution >= 0.6 is 0 Å². The maximum atomic E-state index is 13.3. The van der Waals surface area contributed by atoms with Crippen molar-refractivity contribution < 1.29 is 17.6 Å². The Bertz CT molecular complexity index is 922. The standard InChI is InChI=1S/C18H18FNO3S/c1-12-10-16(19)6-8-18(12)24(22,23)20-9-3-4-15-11-14(13(2)21)5-7-17(15)20/h5-8,10-11H,3-4,9H2,1-2H3. The Morgan fingerprint density at radius 1 is 1.17 bits per heavy atom. The second-order valence-electron chi connectivity index (χ2n) is 5.99. The molecule has 0 amide bonds. The van der Waals surface area contributed by atoms with Crippen LogP contribution in [0.15, 0.2) is 41.3 Å². The smallest absolute Gasteiger partial charge is 0.264 e. The van der Waals surface area contributed by atoms with Gasteiger partial charge in [0.15, 0.2) is 5.78 Å². The molecule has 0 bridgehead atoms. The number of hydrogen-bond acceptors (Lipinski definition) is 3. The van der Waals surface area contributed by atoms with E-state index < -0.39 is 15.8 Å². The number of Topliss-reactive ketones (excluding diaryl/α,β-unsaturated/α-hetero) is 1. The first-order valence-corrected chi connectivity index (χ1v) is 9.17. The molecule has 1 heterocycles. The fourth-order valence-electron chi connectivity index (χ4n) is 3.05. The molecule has 6 heteroatoms. The van der Waals surface area contributed by atoms with Crippen LogP contribution in [0.3, 0.4) is 0 Å². The van der Waals surface area contributed by atoms with Gasteiger partial charge in [0.05, 0.1) is 10.6 Å². The van der Waals surface area contributed by atoms with E-state index in [9.17, 15) is 17.6 Å². The van der Waals surface area contributed by atoms with Crippen LogP contribution < -0.4 is 4.31 Å². The summed E-state index contributed by atoms with van der Waals surface area (Å²) in [4.78, 5) is 11.6. The third-order valence-corrected chi connectivity index (χ3v) is 6.24. The topological polar surface area (TPSA) is 54.5 Å². The molecule has 2 aromatic carbocycles. The maximum absolute atomic E-state index is 13.3. The third-order valence-electron chi connectivity index (χ3n) is 4.27. The number of hydrogen-bond donors (Lipinski definition) is 0. The predicted molar refractivity (Wildman–Crippen MR) is 90.4 cm³/mol. The SMILES string of the molecule is CC(=O)c1ccc2c(c1)CCCN2S(=O)(=O)c1ccc(F)cc1C. The number of nitrogens with zero attached hydrogens (tertiary/aromatic N) is 1. The Labute approximate surface area is 141 Å². The first-order chi connectivity index (χ1) is 11.3. The number of ketones is 1. The number of anilines is 1. The second kappa shape index (κ2) is 6.02. The van der Waals surface area contributed by atoms with Crippen LogP contribution in [0.5, 0.6) is 0 Å². The van der Waals surface area contributed by atoms with E-state index in [-0.39, 0.29) is 10.7 Å². The van der Waals surface area contributed by atoms with Crippen LogP contribution in [0.4, 0.5) is 10.1 Å². The summed E-state index contributed by atoms with van der Waals surface area (Å²) < 4.78 is 40.7. The molecule has 3 rings (SSSR count). The number of carbonyl (C=O) groups is 1. The molecule has 24 heavy (non-hydrogen) atoms. The lowest BCUT2D eigenvalue weighted by molar-refractivity contribution is 0.101. The lowest BCUT2D eigenvalue weighted by atomic mass is 9.99. The molecular weight excluding hydrogens is 329 g/mol. The number of carbonyl (C=O) groups excluding carboxylic acids is 1. The minimum Gasteiger partial charge on any atom is -0.295 e. The summed E-state index contributed by atoms with van der Waals surface area (Å²) in [7, 11) is -3.77. The van der Waals surface area contributed by atoms with Gasteiger partial charge in [-0.1, -0.05) is 0 Å². The van der Waals surface area contributed by atoms with Crippen LogP contribution in [0.2, 0.25) is 0 Å². The molecule has 0 N–H and O–H groups in total. The Kier molecular flexibility index (Phi) is 4.17. The summed E-state index contributed by atoms with van der Waals surface area (Å²) >= 11 is 0. The molecular formula is C18H18FNO3S. The third kappa shape index (κ3) is 2.82. The monoisotopic (exact) mass is 347 g/mol. The highest BCUT2D eigenvalue weighted by molar-refractivity contribution is 7.92. The van der Waals surface area contributed by atoms with E-state index in [2.05, 4.69) is 0 Å². The number of halogens is 1. The highest BCUT2D eigenvalue weighted by Gasteiger charge is 2.30. The van der Waals surface area contributed by atoms with Crippen LogP contribution in [0.1, 0.15) is 34.8 Å². The number of rotatable bonds is 3. The molecule has 0 saturated carbocycles.